The van der Waals surface area contributed by atoms with Gasteiger partial charge in [0.1, 0.15) is 12.3 Å². The molecule has 8 heteroatoms. The number of likely N-dealkylation sites (tertiary alicyclic amines) is 1. The number of halogens is 3. The van der Waals surface area contributed by atoms with Crippen LogP contribution in [0.3, 0.4) is 0 Å². The summed E-state index contributed by atoms with van der Waals surface area (Å²) in [6, 6.07) is 15.9. The van der Waals surface area contributed by atoms with Crippen LogP contribution in [0.4, 0.5) is 18.9 Å². The van der Waals surface area contributed by atoms with Crippen LogP contribution in [0.5, 0.6) is 11.5 Å². The lowest BCUT2D eigenvalue weighted by atomic mass is 10.1. The molecule has 1 saturated heterocycles. The number of anilines is 1. The Labute approximate surface area is 160 Å². The van der Waals surface area contributed by atoms with E-state index in [2.05, 4.69) is 0 Å². The molecule has 28 heavy (non-hydrogen) atoms. The van der Waals surface area contributed by atoms with E-state index >= 15 is 0 Å². The van der Waals surface area contributed by atoms with Gasteiger partial charge in [-0.05, 0) is 24.3 Å². The van der Waals surface area contributed by atoms with Crippen LogP contribution >= 0.6 is 0 Å². The topological polar surface area (TPSA) is 49.9 Å². The first-order valence-corrected chi connectivity index (χ1v) is 8.68. The summed E-state index contributed by atoms with van der Waals surface area (Å²) in [6.07, 6.45) is -4.73. The second-order valence-corrected chi connectivity index (χ2v) is 6.57. The summed E-state index contributed by atoms with van der Waals surface area (Å²) < 4.78 is 43.6. The number of nitrogens with zero attached hydrogens (tertiary/aromatic N) is 2. The molecule has 0 radical (unpaired) electrons. The summed E-state index contributed by atoms with van der Waals surface area (Å²) in [4.78, 5) is 26.7. The number of hydrogen-bond acceptors (Lipinski definition) is 3. The molecule has 3 rings (SSSR count). The van der Waals surface area contributed by atoms with E-state index in [1.54, 1.807) is 36.4 Å². The third-order valence-electron chi connectivity index (χ3n) is 4.46. The van der Waals surface area contributed by atoms with Crippen LogP contribution in [0.15, 0.2) is 54.6 Å². The van der Waals surface area contributed by atoms with Crippen molar-refractivity contribution in [3.05, 3.63) is 54.6 Å². The Kier molecular flexibility index (Phi) is 5.58. The number of benzene rings is 2. The average molecular weight is 392 g/mol. The molecule has 5 nitrogen and oxygen atoms in total. The molecule has 0 bridgehead atoms. The Morgan fingerprint density at radius 1 is 1.14 bits per heavy atom. The van der Waals surface area contributed by atoms with Gasteiger partial charge in [0.15, 0.2) is 5.75 Å². The monoisotopic (exact) mass is 392 g/mol. The molecule has 0 aromatic heterocycles. The summed E-state index contributed by atoms with van der Waals surface area (Å²) >= 11 is 0. The number of rotatable bonds is 5. The first-order valence-electron chi connectivity index (χ1n) is 8.68. The van der Waals surface area contributed by atoms with Gasteiger partial charge in [-0.2, -0.15) is 13.2 Å². The van der Waals surface area contributed by atoms with Gasteiger partial charge in [-0.15, -0.1) is 0 Å². The summed E-state index contributed by atoms with van der Waals surface area (Å²) in [5.74, 6) is -0.908. The van der Waals surface area contributed by atoms with Gasteiger partial charge in [0, 0.05) is 20.0 Å². The molecule has 1 heterocycles. The second kappa shape index (κ2) is 7.92. The SMILES string of the molecule is CN(C(=O)C1CC(=O)N(CC(F)(F)F)C1)c1ccccc1Oc1ccccc1. The van der Waals surface area contributed by atoms with Crippen molar-refractivity contribution in [2.24, 2.45) is 5.92 Å². The van der Waals surface area contributed by atoms with Crippen LogP contribution in [0.1, 0.15) is 6.42 Å². The lowest BCUT2D eigenvalue weighted by molar-refractivity contribution is -0.157. The fourth-order valence-electron chi connectivity index (χ4n) is 3.14. The molecular weight excluding hydrogens is 373 g/mol. The third kappa shape index (κ3) is 4.62. The van der Waals surface area contributed by atoms with Crippen molar-refractivity contribution in [1.29, 1.82) is 0 Å². The minimum absolute atomic E-state index is 0.235. The average Bonchev–Trinajstić information content (AvgIpc) is 3.00. The van der Waals surface area contributed by atoms with Crippen LogP contribution in [0, 0.1) is 5.92 Å². The van der Waals surface area contributed by atoms with Gasteiger partial charge in [-0.25, -0.2) is 0 Å². The maximum atomic E-state index is 12.8. The second-order valence-electron chi connectivity index (χ2n) is 6.57. The fraction of sp³-hybridized carbons (Fsp3) is 0.300. The molecule has 2 amide bonds. The normalized spacial score (nSPS) is 16.9. The van der Waals surface area contributed by atoms with Crippen molar-refractivity contribution in [2.45, 2.75) is 12.6 Å². The summed E-state index contributed by atoms with van der Waals surface area (Å²) in [7, 11) is 1.52. The van der Waals surface area contributed by atoms with Gasteiger partial charge in [0.2, 0.25) is 11.8 Å². The molecule has 148 valence electrons. The molecule has 1 fully saturated rings. The van der Waals surface area contributed by atoms with Gasteiger partial charge < -0.3 is 14.5 Å². The van der Waals surface area contributed by atoms with Crippen molar-refractivity contribution in [3.8, 4) is 11.5 Å². The van der Waals surface area contributed by atoms with Crippen molar-refractivity contribution in [2.75, 3.05) is 25.0 Å². The highest BCUT2D eigenvalue weighted by Crippen LogP contribution is 2.33. The van der Waals surface area contributed by atoms with Crippen molar-refractivity contribution < 1.29 is 27.5 Å². The summed E-state index contributed by atoms with van der Waals surface area (Å²) in [5.41, 5.74) is 0.470. The van der Waals surface area contributed by atoms with Crippen LogP contribution < -0.4 is 9.64 Å². The number of ether oxygens (including phenoxy) is 1. The summed E-state index contributed by atoms with van der Waals surface area (Å²) in [6.45, 7) is -1.59. The maximum Gasteiger partial charge on any atom is 0.406 e. The van der Waals surface area contributed by atoms with E-state index in [0.717, 1.165) is 0 Å². The Morgan fingerprint density at radius 3 is 2.46 bits per heavy atom. The minimum Gasteiger partial charge on any atom is -0.455 e. The van der Waals surface area contributed by atoms with Crippen molar-refractivity contribution in [1.82, 2.24) is 4.90 Å². The fourth-order valence-corrected chi connectivity index (χ4v) is 3.14. The van der Waals surface area contributed by atoms with E-state index in [4.69, 9.17) is 4.74 Å². The Balaban J connectivity index is 1.75. The van der Waals surface area contributed by atoms with Gasteiger partial charge in [0.25, 0.3) is 0 Å². The molecule has 0 N–H and O–H groups in total. The molecule has 1 atom stereocenters. The van der Waals surface area contributed by atoms with Gasteiger partial charge >= 0.3 is 6.18 Å². The third-order valence-corrected chi connectivity index (χ3v) is 4.46. The molecule has 2 aromatic carbocycles. The van der Waals surface area contributed by atoms with Crippen LogP contribution in [0.2, 0.25) is 0 Å². The number of alkyl halides is 3. The standard InChI is InChI=1S/C20H19F3N2O3/c1-24(19(27)14-11-18(26)25(12-14)13-20(21,22)23)16-9-5-6-10-17(16)28-15-7-3-2-4-8-15/h2-10,14H,11-13H2,1H3. The summed E-state index contributed by atoms with van der Waals surface area (Å²) in [5, 5.41) is 0. The molecule has 1 unspecified atom stereocenters. The van der Waals surface area contributed by atoms with Crippen LogP contribution in [-0.4, -0.2) is 43.0 Å². The van der Waals surface area contributed by atoms with E-state index in [1.165, 1.54) is 11.9 Å². The largest absolute Gasteiger partial charge is 0.455 e. The molecular formula is C20H19F3N2O3. The van der Waals surface area contributed by atoms with Gasteiger partial charge in [0.05, 0.1) is 11.6 Å². The Bertz CT molecular complexity index is 855. The zero-order chi connectivity index (χ0) is 20.3. The number of carbonyl (C=O) groups excluding carboxylic acids is 2. The molecule has 0 spiro atoms. The zero-order valence-electron chi connectivity index (χ0n) is 15.1. The van der Waals surface area contributed by atoms with E-state index in [0.29, 0.717) is 22.1 Å². The van der Waals surface area contributed by atoms with E-state index in [9.17, 15) is 22.8 Å². The lowest BCUT2D eigenvalue weighted by Gasteiger charge is -2.24. The van der Waals surface area contributed by atoms with E-state index in [1.807, 2.05) is 18.2 Å². The van der Waals surface area contributed by atoms with Gasteiger partial charge in [-0.3, -0.25) is 9.59 Å². The van der Waals surface area contributed by atoms with Crippen molar-refractivity contribution >= 4 is 17.5 Å². The predicted molar refractivity (Wildman–Crippen MR) is 97.1 cm³/mol. The number of amides is 2. The maximum absolute atomic E-state index is 12.8. The lowest BCUT2D eigenvalue weighted by Crippen LogP contribution is -2.38. The molecule has 0 aliphatic carbocycles. The first-order chi connectivity index (χ1) is 13.2. The van der Waals surface area contributed by atoms with Crippen LogP contribution in [-0.2, 0) is 9.59 Å². The first kappa shape index (κ1) is 19.7. The highest BCUT2D eigenvalue weighted by Gasteiger charge is 2.41. The minimum atomic E-state index is -4.49. The van der Waals surface area contributed by atoms with E-state index < -0.39 is 30.5 Å². The smallest absolute Gasteiger partial charge is 0.406 e. The molecule has 0 saturated carbocycles. The quantitative estimate of drug-likeness (QED) is 0.777. The number of carbonyl (C=O) groups is 2. The Morgan fingerprint density at radius 2 is 1.79 bits per heavy atom. The molecule has 1 aliphatic heterocycles. The van der Waals surface area contributed by atoms with Crippen LogP contribution in [0.25, 0.3) is 0 Å². The highest BCUT2D eigenvalue weighted by atomic mass is 19.4. The van der Waals surface area contributed by atoms with Gasteiger partial charge in [-0.1, -0.05) is 30.3 Å². The highest BCUT2D eigenvalue weighted by molar-refractivity contribution is 5.99. The molecule has 2 aromatic rings. The Hall–Kier alpha value is -3.03. The van der Waals surface area contributed by atoms with Crippen molar-refractivity contribution in [3.63, 3.8) is 0 Å². The predicted octanol–water partition coefficient (Wildman–Crippen LogP) is 3.85. The molecule has 1 aliphatic rings. The number of para-hydroxylation sites is 3. The number of hydrogen-bond donors (Lipinski definition) is 0. The van der Waals surface area contributed by atoms with E-state index in [-0.39, 0.29) is 13.0 Å². The zero-order valence-corrected chi connectivity index (χ0v) is 15.1.